The van der Waals surface area contributed by atoms with Gasteiger partial charge in [0.15, 0.2) is 0 Å². The van der Waals surface area contributed by atoms with Crippen LogP contribution in [0, 0.1) is 6.92 Å². The first-order valence-electron chi connectivity index (χ1n) is 8.04. The largest absolute Gasteiger partial charge is 0.348 e. The van der Waals surface area contributed by atoms with Crippen LogP contribution >= 0.6 is 0 Å². The molecule has 20 heavy (non-hydrogen) atoms. The van der Waals surface area contributed by atoms with E-state index in [0.717, 1.165) is 18.9 Å². The van der Waals surface area contributed by atoms with E-state index in [0.29, 0.717) is 0 Å². The Morgan fingerprint density at radius 3 is 2.45 bits per heavy atom. The van der Waals surface area contributed by atoms with Crippen molar-refractivity contribution in [2.75, 3.05) is 0 Å². The molecule has 0 spiro atoms. The average Bonchev–Trinajstić information content (AvgIpc) is 2.88. The lowest BCUT2D eigenvalue weighted by Crippen LogP contribution is -2.13. The lowest BCUT2D eigenvalue weighted by atomic mass is 9.87. The van der Waals surface area contributed by atoms with Crippen LogP contribution in [0.3, 0.4) is 0 Å². The van der Waals surface area contributed by atoms with Crippen molar-refractivity contribution in [3.63, 3.8) is 0 Å². The van der Waals surface area contributed by atoms with Crippen LogP contribution in [0.1, 0.15) is 55.0 Å². The minimum absolute atomic E-state index is 0.799. The molecule has 1 aliphatic rings. The highest BCUT2D eigenvalue weighted by molar-refractivity contribution is 5.21. The summed E-state index contributed by atoms with van der Waals surface area (Å²) in [6.45, 7) is 3.37. The monoisotopic (exact) mass is 267 g/mol. The summed E-state index contributed by atoms with van der Waals surface area (Å²) in [5, 5.41) is 0. The molecule has 0 amide bonds. The van der Waals surface area contributed by atoms with E-state index in [1.54, 1.807) is 5.69 Å². The van der Waals surface area contributed by atoms with Crippen LogP contribution in [0.25, 0.3) is 0 Å². The van der Waals surface area contributed by atoms with Gasteiger partial charge in [-0.15, -0.1) is 0 Å². The van der Waals surface area contributed by atoms with Crippen LogP contribution in [0.4, 0.5) is 0 Å². The van der Waals surface area contributed by atoms with E-state index in [2.05, 4.69) is 54.0 Å². The molecule has 1 nitrogen and oxygen atoms in total. The fourth-order valence-corrected chi connectivity index (χ4v) is 3.54. The number of hydrogen-bond donors (Lipinski definition) is 0. The fourth-order valence-electron chi connectivity index (χ4n) is 3.54. The molecule has 1 aromatic carbocycles. The molecule has 1 heteroatoms. The maximum atomic E-state index is 2.56. The second kappa shape index (κ2) is 6.30. The normalized spacial score (nSPS) is 16.4. The summed E-state index contributed by atoms with van der Waals surface area (Å²) in [5.41, 5.74) is 4.44. The van der Waals surface area contributed by atoms with Crippen molar-refractivity contribution in [1.82, 2.24) is 4.57 Å². The van der Waals surface area contributed by atoms with Crippen molar-refractivity contribution in [2.45, 2.75) is 57.9 Å². The van der Waals surface area contributed by atoms with Gasteiger partial charge in [-0.2, -0.15) is 0 Å². The van der Waals surface area contributed by atoms with E-state index in [1.165, 1.54) is 43.4 Å². The first kappa shape index (κ1) is 13.5. The summed E-state index contributed by atoms with van der Waals surface area (Å²) in [7, 11) is 0. The van der Waals surface area contributed by atoms with Crippen molar-refractivity contribution in [3.8, 4) is 0 Å². The molecular weight excluding hydrogens is 242 g/mol. The zero-order chi connectivity index (χ0) is 13.8. The van der Waals surface area contributed by atoms with Gasteiger partial charge < -0.3 is 4.57 Å². The summed E-state index contributed by atoms with van der Waals surface area (Å²) in [4.78, 5) is 0. The molecule has 1 aromatic heterocycles. The molecule has 2 aromatic rings. The highest BCUT2D eigenvalue weighted by Gasteiger charge is 2.19. The second-order valence-corrected chi connectivity index (χ2v) is 6.12. The van der Waals surface area contributed by atoms with Crippen LogP contribution in [0.5, 0.6) is 0 Å². The Kier molecular flexibility index (Phi) is 4.25. The number of rotatable bonds is 4. The summed E-state index contributed by atoms with van der Waals surface area (Å²) >= 11 is 0. The van der Waals surface area contributed by atoms with Crippen molar-refractivity contribution >= 4 is 0 Å². The molecule has 0 bridgehead atoms. The standard InChI is InChI=1S/C19H25N/c1-16-12-13-19(18-10-6-3-7-11-18)20(16)15-14-17-8-4-2-5-9-17/h2,4-5,8-9,12-13,18H,3,6-7,10-11,14-15H2,1H3. The van der Waals surface area contributed by atoms with Gasteiger partial charge in [0.25, 0.3) is 0 Å². The predicted octanol–water partition coefficient (Wildman–Crippen LogP) is 5.09. The van der Waals surface area contributed by atoms with Gasteiger partial charge in [-0.3, -0.25) is 0 Å². The molecule has 1 aliphatic carbocycles. The Bertz CT molecular complexity index is 532. The van der Waals surface area contributed by atoms with E-state index in [1.807, 2.05) is 0 Å². The Labute approximate surface area is 122 Å². The van der Waals surface area contributed by atoms with Gasteiger partial charge in [0.05, 0.1) is 0 Å². The quantitative estimate of drug-likeness (QED) is 0.727. The van der Waals surface area contributed by atoms with E-state index < -0.39 is 0 Å². The second-order valence-electron chi connectivity index (χ2n) is 6.12. The molecule has 1 fully saturated rings. The highest BCUT2D eigenvalue weighted by atomic mass is 15.0. The fraction of sp³-hybridized carbons (Fsp3) is 0.474. The summed E-state index contributed by atoms with van der Waals surface area (Å²) in [5.74, 6) is 0.799. The lowest BCUT2D eigenvalue weighted by molar-refractivity contribution is 0.422. The average molecular weight is 267 g/mol. The van der Waals surface area contributed by atoms with Gasteiger partial charge in [-0.05, 0) is 49.8 Å². The molecule has 0 radical (unpaired) electrons. The Balaban J connectivity index is 1.73. The summed E-state index contributed by atoms with van der Waals surface area (Å²) in [6, 6.07) is 15.5. The van der Waals surface area contributed by atoms with Crippen LogP contribution in [0.15, 0.2) is 42.5 Å². The van der Waals surface area contributed by atoms with Crippen molar-refractivity contribution in [1.29, 1.82) is 0 Å². The van der Waals surface area contributed by atoms with Crippen molar-refractivity contribution < 1.29 is 0 Å². The predicted molar refractivity (Wildman–Crippen MR) is 85.1 cm³/mol. The Morgan fingerprint density at radius 1 is 0.950 bits per heavy atom. The van der Waals surface area contributed by atoms with Gasteiger partial charge in [-0.25, -0.2) is 0 Å². The topological polar surface area (TPSA) is 4.93 Å². The van der Waals surface area contributed by atoms with Crippen LogP contribution in [0.2, 0.25) is 0 Å². The molecule has 3 rings (SSSR count). The van der Waals surface area contributed by atoms with Gasteiger partial charge in [0, 0.05) is 17.9 Å². The molecule has 0 saturated heterocycles. The minimum Gasteiger partial charge on any atom is -0.348 e. The molecular formula is C19H25N. The maximum absolute atomic E-state index is 2.56. The number of aryl methyl sites for hydroxylation is 2. The van der Waals surface area contributed by atoms with Crippen LogP contribution in [-0.2, 0) is 13.0 Å². The molecule has 0 atom stereocenters. The van der Waals surface area contributed by atoms with Gasteiger partial charge in [0.2, 0.25) is 0 Å². The first-order valence-corrected chi connectivity index (χ1v) is 8.04. The van der Waals surface area contributed by atoms with E-state index in [4.69, 9.17) is 0 Å². The van der Waals surface area contributed by atoms with Crippen LogP contribution in [-0.4, -0.2) is 4.57 Å². The molecule has 0 aliphatic heterocycles. The molecule has 0 N–H and O–H groups in total. The van der Waals surface area contributed by atoms with Gasteiger partial charge in [0.1, 0.15) is 0 Å². The van der Waals surface area contributed by atoms with Gasteiger partial charge >= 0.3 is 0 Å². The zero-order valence-corrected chi connectivity index (χ0v) is 12.5. The van der Waals surface area contributed by atoms with Gasteiger partial charge in [-0.1, -0.05) is 49.6 Å². The van der Waals surface area contributed by atoms with Crippen LogP contribution < -0.4 is 0 Å². The number of hydrogen-bond acceptors (Lipinski definition) is 0. The van der Waals surface area contributed by atoms with E-state index in [9.17, 15) is 0 Å². The smallest absolute Gasteiger partial charge is 0.0265 e. The molecule has 1 heterocycles. The molecule has 0 unspecified atom stereocenters. The Morgan fingerprint density at radius 2 is 1.70 bits per heavy atom. The summed E-state index contributed by atoms with van der Waals surface area (Å²) < 4.78 is 2.56. The zero-order valence-electron chi connectivity index (χ0n) is 12.5. The minimum atomic E-state index is 0.799. The number of benzene rings is 1. The third-order valence-corrected chi connectivity index (χ3v) is 4.72. The highest BCUT2D eigenvalue weighted by Crippen LogP contribution is 2.33. The number of aromatic nitrogens is 1. The van der Waals surface area contributed by atoms with Crippen molar-refractivity contribution in [3.05, 3.63) is 59.4 Å². The lowest BCUT2D eigenvalue weighted by Gasteiger charge is -2.24. The molecule has 1 saturated carbocycles. The van der Waals surface area contributed by atoms with E-state index in [-0.39, 0.29) is 0 Å². The SMILES string of the molecule is Cc1ccc(C2CCCCC2)n1CCc1ccccc1. The maximum Gasteiger partial charge on any atom is 0.0265 e. The Hall–Kier alpha value is -1.50. The third-order valence-electron chi connectivity index (χ3n) is 4.72. The van der Waals surface area contributed by atoms with Crippen molar-refractivity contribution in [2.24, 2.45) is 0 Å². The molecule has 106 valence electrons. The third kappa shape index (κ3) is 2.98. The van der Waals surface area contributed by atoms with E-state index >= 15 is 0 Å². The summed E-state index contributed by atoms with van der Waals surface area (Å²) in [6.07, 6.45) is 8.15. The first-order chi connectivity index (χ1) is 9.84. The number of nitrogens with zero attached hydrogens (tertiary/aromatic N) is 1.